The highest BCUT2D eigenvalue weighted by molar-refractivity contribution is 9.10. The fourth-order valence-corrected chi connectivity index (χ4v) is 4.66. The SMILES string of the molecule is CC(CNS(=O)(=O)c1ccc(F)cc1Br)N1CCCCC1. The van der Waals surface area contributed by atoms with E-state index < -0.39 is 15.8 Å². The van der Waals surface area contributed by atoms with Gasteiger partial charge in [-0.3, -0.25) is 4.90 Å². The zero-order valence-corrected chi connectivity index (χ0v) is 14.4. The number of nitrogens with one attached hydrogen (secondary N) is 1. The van der Waals surface area contributed by atoms with Crippen molar-refractivity contribution in [3.8, 4) is 0 Å². The van der Waals surface area contributed by atoms with Crippen LogP contribution in [0.4, 0.5) is 4.39 Å². The van der Waals surface area contributed by atoms with Gasteiger partial charge in [0.1, 0.15) is 5.82 Å². The maximum Gasteiger partial charge on any atom is 0.241 e. The Kier molecular flexibility index (Phi) is 5.76. The summed E-state index contributed by atoms with van der Waals surface area (Å²) in [6, 6.07) is 3.72. The van der Waals surface area contributed by atoms with E-state index in [-0.39, 0.29) is 15.4 Å². The van der Waals surface area contributed by atoms with Crippen molar-refractivity contribution in [3.63, 3.8) is 0 Å². The third-order valence-corrected chi connectivity index (χ3v) is 6.17. The van der Waals surface area contributed by atoms with Gasteiger partial charge in [-0.15, -0.1) is 0 Å². The zero-order chi connectivity index (χ0) is 15.5. The fourth-order valence-electron chi connectivity index (χ4n) is 2.49. The Morgan fingerprint density at radius 3 is 2.62 bits per heavy atom. The summed E-state index contributed by atoms with van der Waals surface area (Å²) in [6.07, 6.45) is 3.58. The van der Waals surface area contributed by atoms with E-state index in [1.165, 1.54) is 25.3 Å². The molecule has 4 nitrogen and oxygen atoms in total. The van der Waals surface area contributed by atoms with Crippen LogP contribution in [0, 0.1) is 5.82 Å². The fraction of sp³-hybridized carbons (Fsp3) is 0.571. The first kappa shape index (κ1) is 16.9. The quantitative estimate of drug-likeness (QED) is 0.856. The van der Waals surface area contributed by atoms with Gasteiger partial charge in [0.2, 0.25) is 10.0 Å². The Hall–Kier alpha value is -0.500. The molecule has 1 aliphatic heterocycles. The van der Waals surface area contributed by atoms with E-state index >= 15 is 0 Å². The smallest absolute Gasteiger partial charge is 0.241 e. The van der Waals surface area contributed by atoms with E-state index in [1.54, 1.807) is 0 Å². The molecule has 118 valence electrons. The lowest BCUT2D eigenvalue weighted by Gasteiger charge is -2.32. The molecule has 2 rings (SSSR count). The van der Waals surface area contributed by atoms with Crippen LogP contribution < -0.4 is 4.72 Å². The monoisotopic (exact) mass is 378 g/mol. The average molecular weight is 379 g/mol. The van der Waals surface area contributed by atoms with Crippen LogP contribution >= 0.6 is 15.9 Å². The number of hydrogen-bond acceptors (Lipinski definition) is 3. The summed E-state index contributed by atoms with van der Waals surface area (Å²) in [7, 11) is -3.63. The van der Waals surface area contributed by atoms with Gasteiger partial charge in [0, 0.05) is 17.1 Å². The summed E-state index contributed by atoms with van der Waals surface area (Å²) in [6.45, 7) is 4.41. The molecule has 1 saturated heterocycles. The van der Waals surface area contributed by atoms with Crippen LogP contribution in [-0.4, -0.2) is 39.0 Å². The molecular formula is C14H20BrFN2O2S. The molecule has 1 aromatic rings. The number of piperidine rings is 1. The standard InChI is InChI=1S/C14H20BrFN2O2S/c1-11(18-7-3-2-4-8-18)10-17-21(19,20)14-6-5-12(16)9-13(14)15/h5-6,9,11,17H,2-4,7-8,10H2,1H3. The van der Waals surface area contributed by atoms with Crippen molar-refractivity contribution in [1.82, 2.24) is 9.62 Å². The van der Waals surface area contributed by atoms with E-state index in [9.17, 15) is 12.8 Å². The van der Waals surface area contributed by atoms with Crippen LogP contribution in [0.2, 0.25) is 0 Å². The molecule has 0 bridgehead atoms. The van der Waals surface area contributed by atoms with Crippen molar-refractivity contribution in [2.45, 2.75) is 37.1 Å². The summed E-state index contributed by atoms with van der Waals surface area (Å²) in [4.78, 5) is 2.36. The van der Waals surface area contributed by atoms with Crippen molar-refractivity contribution in [2.24, 2.45) is 0 Å². The predicted molar refractivity (Wildman–Crippen MR) is 84.2 cm³/mol. The van der Waals surface area contributed by atoms with E-state index in [2.05, 4.69) is 25.6 Å². The summed E-state index contributed by atoms with van der Waals surface area (Å²) < 4.78 is 40.4. The number of hydrogen-bond donors (Lipinski definition) is 1. The molecule has 21 heavy (non-hydrogen) atoms. The maximum atomic E-state index is 13.0. The third kappa shape index (κ3) is 4.48. The highest BCUT2D eigenvalue weighted by Crippen LogP contribution is 2.22. The van der Waals surface area contributed by atoms with Crippen LogP contribution in [0.3, 0.4) is 0 Å². The van der Waals surface area contributed by atoms with E-state index in [0.29, 0.717) is 6.54 Å². The second-order valence-corrected chi connectivity index (χ2v) is 7.96. The zero-order valence-electron chi connectivity index (χ0n) is 12.0. The average Bonchev–Trinajstić information content (AvgIpc) is 2.45. The van der Waals surface area contributed by atoms with Crippen LogP contribution in [-0.2, 0) is 10.0 Å². The predicted octanol–water partition coefficient (Wildman–Crippen LogP) is 2.74. The number of benzene rings is 1. The van der Waals surface area contributed by atoms with Crippen molar-refractivity contribution >= 4 is 26.0 Å². The van der Waals surface area contributed by atoms with Crippen molar-refractivity contribution in [2.75, 3.05) is 19.6 Å². The Morgan fingerprint density at radius 2 is 2.00 bits per heavy atom. The minimum atomic E-state index is -3.63. The van der Waals surface area contributed by atoms with Gasteiger partial charge in [0.05, 0.1) is 4.90 Å². The lowest BCUT2D eigenvalue weighted by molar-refractivity contribution is 0.175. The molecule has 1 atom stereocenters. The van der Waals surface area contributed by atoms with Crippen molar-refractivity contribution in [1.29, 1.82) is 0 Å². The van der Waals surface area contributed by atoms with Gasteiger partial charge in [-0.25, -0.2) is 17.5 Å². The Balaban J connectivity index is 2.00. The minimum absolute atomic E-state index is 0.0646. The van der Waals surface area contributed by atoms with Gasteiger partial charge >= 0.3 is 0 Å². The van der Waals surface area contributed by atoms with Gasteiger partial charge in [0.15, 0.2) is 0 Å². The molecule has 1 aromatic carbocycles. The van der Waals surface area contributed by atoms with Crippen LogP contribution in [0.5, 0.6) is 0 Å². The molecule has 0 aromatic heterocycles. The second kappa shape index (κ2) is 7.17. The van der Waals surface area contributed by atoms with Crippen LogP contribution in [0.15, 0.2) is 27.6 Å². The van der Waals surface area contributed by atoms with E-state index in [1.807, 2.05) is 6.92 Å². The molecule has 1 fully saturated rings. The molecule has 1 heterocycles. The molecular weight excluding hydrogens is 359 g/mol. The minimum Gasteiger partial charge on any atom is -0.299 e. The Labute approximate surface area is 133 Å². The number of sulfonamides is 1. The van der Waals surface area contributed by atoms with Gasteiger partial charge < -0.3 is 0 Å². The Bertz CT molecular complexity index is 589. The molecule has 1 aliphatic rings. The molecule has 1 unspecified atom stereocenters. The second-order valence-electron chi connectivity index (χ2n) is 5.37. The number of nitrogens with zero attached hydrogens (tertiary/aromatic N) is 1. The largest absolute Gasteiger partial charge is 0.299 e. The van der Waals surface area contributed by atoms with E-state index in [0.717, 1.165) is 25.2 Å². The number of rotatable bonds is 5. The maximum absolute atomic E-state index is 13.0. The molecule has 0 saturated carbocycles. The summed E-state index contributed by atoms with van der Waals surface area (Å²) in [5.74, 6) is -0.470. The van der Waals surface area contributed by atoms with Gasteiger partial charge in [-0.05, 0) is 67.0 Å². The first-order valence-corrected chi connectivity index (χ1v) is 9.36. The summed E-state index contributed by atoms with van der Waals surface area (Å²) >= 11 is 3.10. The van der Waals surface area contributed by atoms with Crippen LogP contribution in [0.1, 0.15) is 26.2 Å². The summed E-state index contributed by atoms with van der Waals surface area (Å²) in [5, 5.41) is 0. The van der Waals surface area contributed by atoms with Gasteiger partial charge in [-0.1, -0.05) is 6.42 Å². The topological polar surface area (TPSA) is 49.4 Å². The first-order chi connectivity index (χ1) is 9.90. The molecule has 1 N–H and O–H groups in total. The number of likely N-dealkylation sites (tertiary alicyclic amines) is 1. The van der Waals surface area contributed by atoms with Crippen LogP contribution in [0.25, 0.3) is 0 Å². The molecule has 0 amide bonds. The Morgan fingerprint density at radius 1 is 1.33 bits per heavy atom. The highest BCUT2D eigenvalue weighted by Gasteiger charge is 2.21. The van der Waals surface area contributed by atoms with Crippen molar-refractivity contribution in [3.05, 3.63) is 28.5 Å². The molecule has 0 aliphatic carbocycles. The normalized spacial score (nSPS) is 18.6. The highest BCUT2D eigenvalue weighted by atomic mass is 79.9. The summed E-state index contributed by atoms with van der Waals surface area (Å²) in [5.41, 5.74) is 0. The molecule has 0 spiro atoms. The molecule has 7 heteroatoms. The van der Waals surface area contributed by atoms with Gasteiger partial charge in [-0.2, -0.15) is 0 Å². The molecule has 0 radical (unpaired) electrons. The lowest BCUT2D eigenvalue weighted by atomic mass is 10.1. The number of halogens is 2. The lowest BCUT2D eigenvalue weighted by Crippen LogP contribution is -2.44. The third-order valence-electron chi connectivity index (χ3n) is 3.77. The van der Waals surface area contributed by atoms with Crippen molar-refractivity contribution < 1.29 is 12.8 Å². The first-order valence-electron chi connectivity index (χ1n) is 7.09. The van der Waals surface area contributed by atoms with Gasteiger partial charge in [0.25, 0.3) is 0 Å². The van der Waals surface area contributed by atoms with E-state index in [4.69, 9.17) is 0 Å².